The van der Waals surface area contributed by atoms with Crippen molar-refractivity contribution < 1.29 is 27.4 Å². The first kappa shape index (κ1) is 15.9. The maximum atomic E-state index is 14.3. The molecule has 7 heteroatoms. The molecule has 0 atom stereocenters. The maximum Gasteiger partial charge on any atom is 0.203 e. The molecule has 0 saturated heterocycles. The highest BCUT2D eigenvalue weighted by atomic mass is 19.2. The van der Waals surface area contributed by atoms with Gasteiger partial charge in [-0.1, -0.05) is 0 Å². The molecule has 0 aliphatic carbocycles. The lowest BCUT2D eigenvalue weighted by atomic mass is 10.0. The number of carbonyl (C=O) groups is 1. The molecule has 124 valence electrons. The fourth-order valence-electron chi connectivity index (χ4n) is 2.49. The van der Waals surface area contributed by atoms with Crippen molar-refractivity contribution in [1.29, 1.82) is 0 Å². The van der Waals surface area contributed by atoms with Crippen LogP contribution < -0.4 is 9.47 Å². The predicted octanol–water partition coefficient (Wildman–Crippen LogP) is 3.83. The lowest BCUT2D eigenvalue weighted by Gasteiger charge is -2.08. The van der Waals surface area contributed by atoms with Crippen LogP contribution in [0.25, 0.3) is 10.9 Å². The smallest absolute Gasteiger partial charge is 0.203 e. The van der Waals surface area contributed by atoms with Crippen LogP contribution in [0.1, 0.15) is 15.9 Å². The lowest BCUT2D eigenvalue weighted by molar-refractivity contribution is 0.103. The number of fused-ring (bicyclic) bond motifs is 1. The summed E-state index contributed by atoms with van der Waals surface area (Å²) in [4.78, 5) is 15.5. The van der Waals surface area contributed by atoms with Gasteiger partial charge in [0.25, 0.3) is 0 Å². The van der Waals surface area contributed by atoms with Gasteiger partial charge >= 0.3 is 0 Å². The molecule has 1 heterocycles. The SMILES string of the molecule is COc1ccc2c(C(=O)c3cc(F)c(F)c(OC)c3F)c[nH]c2c1. The molecule has 24 heavy (non-hydrogen) atoms. The normalized spacial score (nSPS) is 10.9. The summed E-state index contributed by atoms with van der Waals surface area (Å²) in [6.45, 7) is 0. The second-order valence-corrected chi connectivity index (χ2v) is 5.01. The molecule has 0 amide bonds. The van der Waals surface area contributed by atoms with Crippen LogP contribution in [0.5, 0.6) is 11.5 Å². The molecule has 1 N–H and O–H groups in total. The van der Waals surface area contributed by atoms with Gasteiger partial charge in [0.05, 0.1) is 19.8 Å². The first-order valence-corrected chi connectivity index (χ1v) is 6.89. The van der Waals surface area contributed by atoms with Crippen molar-refractivity contribution >= 4 is 16.7 Å². The van der Waals surface area contributed by atoms with Crippen molar-refractivity contribution in [1.82, 2.24) is 4.98 Å². The summed E-state index contributed by atoms with van der Waals surface area (Å²) in [7, 11) is 2.49. The van der Waals surface area contributed by atoms with E-state index in [1.807, 2.05) is 0 Å². The van der Waals surface area contributed by atoms with Crippen LogP contribution in [-0.4, -0.2) is 25.0 Å². The lowest BCUT2D eigenvalue weighted by Crippen LogP contribution is -2.08. The van der Waals surface area contributed by atoms with Gasteiger partial charge in [0, 0.05) is 28.7 Å². The zero-order chi connectivity index (χ0) is 17.4. The number of aromatic nitrogens is 1. The third-order valence-electron chi connectivity index (χ3n) is 3.70. The summed E-state index contributed by atoms with van der Waals surface area (Å²) in [5.74, 6) is -5.23. The average Bonchev–Trinajstić information content (AvgIpc) is 3.01. The molecular weight excluding hydrogens is 323 g/mol. The largest absolute Gasteiger partial charge is 0.497 e. The fourth-order valence-corrected chi connectivity index (χ4v) is 2.49. The standard InChI is InChI=1S/C17H12F3NO3/c1-23-8-3-4-9-11(7-21-13(9)5-8)16(22)10-6-12(18)15(20)17(24-2)14(10)19/h3-7,21H,1-2H3. The first-order chi connectivity index (χ1) is 11.5. The number of ether oxygens (including phenoxy) is 2. The van der Waals surface area contributed by atoms with Gasteiger partial charge in [-0.2, -0.15) is 4.39 Å². The van der Waals surface area contributed by atoms with E-state index in [2.05, 4.69) is 9.72 Å². The minimum Gasteiger partial charge on any atom is -0.497 e. The van der Waals surface area contributed by atoms with Gasteiger partial charge in [-0.05, 0) is 18.2 Å². The molecule has 0 spiro atoms. The number of H-pyrrole nitrogens is 1. The summed E-state index contributed by atoms with van der Waals surface area (Å²) in [6.07, 6.45) is 1.37. The van der Waals surface area contributed by atoms with E-state index in [9.17, 15) is 18.0 Å². The number of carbonyl (C=O) groups excluding carboxylic acids is 1. The molecule has 1 aromatic heterocycles. The third kappa shape index (κ3) is 2.38. The van der Waals surface area contributed by atoms with Gasteiger partial charge in [0.1, 0.15) is 5.75 Å². The molecule has 0 radical (unpaired) electrons. The van der Waals surface area contributed by atoms with Crippen LogP contribution in [0.2, 0.25) is 0 Å². The summed E-state index contributed by atoms with van der Waals surface area (Å²) in [5, 5.41) is 0.504. The zero-order valence-electron chi connectivity index (χ0n) is 12.7. The highest BCUT2D eigenvalue weighted by Gasteiger charge is 2.25. The molecule has 4 nitrogen and oxygen atoms in total. The number of benzene rings is 2. The van der Waals surface area contributed by atoms with Gasteiger partial charge in [-0.15, -0.1) is 0 Å². The Morgan fingerprint density at radius 3 is 2.42 bits per heavy atom. The van der Waals surface area contributed by atoms with E-state index < -0.39 is 34.5 Å². The number of ketones is 1. The second-order valence-electron chi connectivity index (χ2n) is 5.01. The minimum absolute atomic E-state index is 0.125. The van der Waals surface area contributed by atoms with Gasteiger partial charge in [0.15, 0.2) is 23.2 Å². The molecule has 2 aromatic carbocycles. The van der Waals surface area contributed by atoms with E-state index in [0.29, 0.717) is 22.7 Å². The van der Waals surface area contributed by atoms with Crippen molar-refractivity contribution in [3.8, 4) is 11.5 Å². The fraction of sp³-hybridized carbons (Fsp3) is 0.118. The van der Waals surface area contributed by atoms with E-state index in [-0.39, 0.29) is 5.56 Å². The van der Waals surface area contributed by atoms with Crippen molar-refractivity contribution in [2.45, 2.75) is 0 Å². The van der Waals surface area contributed by atoms with Crippen molar-refractivity contribution in [3.63, 3.8) is 0 Å². The van der Waals surface area contributed by atoms with Crippen molar-refractivity contribution in [2.24, 2.45) is 0 Å². The predicted molar refractivity (Wildman–Crippen MR) is 81.2 cm³/mol. The molecule has 3 rings (SSSR count). The first-order valence-electron chi connectivity index (χ1n) is 6.89. The Bertz CT molecular complexity index is 950. The summed E-state index contributed by atoms with van der Waals surface area (Å²) < 4.78 is 51.0. The number of methoxy groups -OCH3 is 2. The van der Waals surface area contributed by atoms with Crippen LogP contribution in [0.15, 0.2) is 30.5 Å². The molecule has 3 aromatic rings. The number of nitrogens with one attached hydrogen (secondary N) is 1. The van der Waals surface area contributed by atoms with E-state index in [1.165, 1.54) is 13.3 Å². The molecular formula is C17H12F3NO3. The van der Waals surface area contributed by atoms with Gasteiger partial charge in [-0.25, -0.2) is 8.78 Å². The molecule has 0 aliphatic rings. The number of halogens is 3. The second kappa shape index (κ2) is 5.92. The maximum absolute atomic E-state index is 14.3. The summed E-state index contributed by atoms with van der Waals surface area (Å²) >= 11 is 0. The molecule has 0 aliphatic heterocycles. The number of hydrogen-bond donors (Lipinski definition) is 1. The van der Waals surface area contributed by atoms with Crippen LogP contribution in [0, 0.1) is 17.5 Å². The highest BCUT2D eigenvalue weighted by Crippen LogP contribution is 2.30. The summed E-state index contributed by atoms with van der Waals surface area (Å²) in [5.41, 5.74) is 0.106. The Morgan fingerprint density at radius 1 is 1.00 bits per heavy atom. The summed E-state index contributed by atoms with van der Waals surface area (Å²) in [6, 6.07) is 5.44. The monoisotopic (exact) mass is 335 g/mol. The Hall–Kier alpha value is -2.96. The van der Waals surface area contributed by atoms with Crippen LogP contribution in [0.4, 0.5) is 13.2 Å². The third-order valence-corrected chi connectivity index (χ3v) is 3.70. The molecule has 0 bridgehead atoms. The minimum atomic E-state index is -1.48. The van der Waals surface area contributed by atoms with E-state index in [4.69, 9.17) is 4.74 Å². The highest BCUT2D eigenvalue weighted by molar-refractivity contribution is 6.16. The van der Waals surface area contributed by atoms with Crippen molar-refractivity contribution in [3.05, 3.63) is 59.0 Å². The topological polar surface area (TPSA) is 51.3 Å². The Kier molecular flexibility index (Phi) is 3.92. The Labute approximate surface area is 134 Å². The van der Waals surface area contributed by atoms with E-state index in [1.54, 1.807) is 18.2 Å². The van der Waals surface area contributed by atoms with Gasteiger partial charge in [-0.3, -0.25) is 4.79 Å². The average molecular weight is 335 g/mol. The van der Waals surface area contributed by atoms with Crippen LogP contribution >= 0.6 is 0 Å². The zero-order valence-corrected chi connectivity index (χ0v) is 12.7. The van der Waals surface area contributed by atoms with Crippen molar-refractivity contribution in [2.75, 3.05) is 14.2 Å². The number of hydrogen-bond acceptors (Lipinski definition) is 3. The van der Waals surface area contributed by atoms with E-state index in [0.717, 1.165) is 7.11 Å². The van der Waals surface area contributed by atoms with Gasteiger partial charge < -0.3 is 14.5 Å². The Morgan fingerprint density at radius 2 is 1.75 bits per heavy atom. The Balaban J connectivity index is 2.15. The number of rotatable bonds is 4. The van der Waals surface area contributed by atoms with Crippen LogP contribution in [-0.2, 0) is 0 Å². The van der Waals surface area contributed by atoms with Crippen LogP contribution in [0.3, 0.4) is 0 Å². The van der Waals surface area contributed by atoms with E-state index >= 15 is 0 Å². The van der Waals surface area contributed by atoms with Gasteiger partial charge in [0.2, 0.25) is 5.82 Å². The molecule has 0 unspecified atom stereocenters. The molecule has 0 saturated carbocycles. The molecule has 0 fully saturated rings. The quantitative estimate of drug-likeness (QED) is 0.582. The number of aromatic amines is 1.